The van der Waals surface area contributed by atoms with Crippen molar-refractivity contribution < 1.29 is 28.5 Å². The van der Waals surface area contributed by atoms with Gasteiger partial charge in [-0.3, -0.25) is 9.59 Å². The van der Waals surface area contributed by atoms with Crippen LogP contribution in [0.3, 0.4) is 0 Å². The van der Waals surface area contributed by atoms with Crippen molar-refractivity contribution in [1.82, 2.24) is 10.6 Å². The number of rotatable bonds is 10. The number of ether oxygens (including phenoxy) is 4. The summed E-state index contributed by atoms with van der Waals surface area (Å²) < 4.78 is 20.9. The van der Waals surface area contributed by atoms with Gasteiger partial charge >= 0.3 is 0 Å². The van der Waals surface area contributed by atoms with Crippen LogP contribution in [0.4, 0.5) is 0 Å². The summed E-state index contributed by atoms with van der Waals surface area (Å²) in [6.07, 6.45) is 0.189. The SMILES string of the molecule is COc1ccc(CC(=O)NCCNC(=O)c2c(OC)cccc2OC)cc1OC. The number of hydrogen-bond donors (Lipinski definition) is 2. The Morgan fingerprint density at radius 3 is 1.93 bits per heavy atom. The lowest BCUT2D eigenvalue weighted by atomic mass is 10.1. The molecule has 0 heterocycles. The van der Waals surface area contributed by atoms with Crippen LogP contribution in [0.25, 0.3) is 0 Å². The average molecular weight is 402 g/mol. The van der Waals surface area contributed by atoms with Crippen LogP contribution in [0.5, 0.6) is 23.0 Å². The van der Waals surface area contributed by atoms with E-state index < -0.39 is 0 Å². The van der Waals surface area contributed by atoms with Gasteiger partial charge in [-0.05, 0) is 29.8 Å². The second kappa shape index (κ2) is 10.8. The molecule has 0 saturated heterocycles. The maximum atomic E-state index is 12.5. The Kier molecular flexibility index (Phi) is 8.14. The van der Waals surface area contributed by atoms with Crippen LogP contribution < -0.4 is 29.6 Å². The number of amides is 2. The summed E-state index contributed by atoms with van der Waals surface area (Å²) in [5.41, 5.74) is 1.11. The summed E-state index contributed by atoms with van der Waals surface area (Å²) in [6, 6.07) is 10.4. The first-order valence-electron chi connectivity index (χ1n) is 9.00. The van der Waals surface area contributed by atoms with Gasteiger partial charge in [-0.15, -0.1) is 0 Å². The van der Waals surface area contributed by atoms with Crippen molar-refractivity contribution in [1.29, 1.82) is 0 Å². The van der Waals surface area contributed by atoms with Crippen molar-refractivity contribution >= 4 is 11.8 Å². The zero-order chi connectivity index (χ0) is 21.2. The van der Waals surface area contributed by atoms with Crippen molar-refractivity contribution in [3.8, 4) is 23.0 Å². The van der Waals surface area contributed by atoms with Gasteiger partial charge in [0.25, 0.3) is 5.91 Å². The highest BCUT2D eigenvalue weighted by atomic mass is 16.5. The Balaban J connectivity index is 1.85. The van der Waals surface area contributed by atoms with Gasteiger partial charge < -0.3 is 29.6 Å². The number of hydrogen-bond acceptors (Lipinski definition) is 6. The van der Waals surface area contributed by atoms with E-state index in [0.29, 0.717) is 28.6 Å². The minimum atomic E-state index is -0.339. The van der Waals surface area contributed by atoms with Gasteiger partial charge in [-0.25, -0.2) is 0 Å². The molecule has 2 aromatic rings. The zero-order valence-electron chi connectivity index (χ0n) is 17.0. The first-order valence-corrected chi connectivity index (χ1v) is 9.00. The van der Waals surface area contributed by atoms with Crippen LogP contribution in [-0.2, 0) is 11.2 Å². The van der Waals surface area contributed by atoms with Crippen LogP contribution in [-0.4, -0.2) is 53.3 Å². The Morgan fingerprint density at radius 2 is 1.34 bits per heavy atom. The standard InChI is InChI=1S/C21H26N2O6/c1-26-15-9-8-14(12-18(15)29-4)13-19(24)22-10-11-23-21(25)20-16(27-2)6-5-7-17(20)28-3/h5-9,12H,10-11,13H2,1-4H3,(H,22,24)(H,23,25). The molecular formula is C21H26N2O6. The molecule has 0 spiro atoms. The monoisotopic (exact) mass is 402 g/mol. The topological polar surface area (TPSA) is 95.1 Å². The Morgan fingerprint density at radius 1 is 0.759 bits per heavy atom. The molecule has 0 unspecified atom stereocenters. The molecule has 0 atom stereocenters. The van der Waals surface area contributed by atoms with Crippen LogP contribution in [0.1, 0.15) is 15.9 Å². The minimum Gasteiger partial charge on any atom is -0.496 e. The predicted molar refractivity (Wildman–Crippen MR) is 108 cm³/mol. The lowest BCUT2D eigenvalue weighted by Gasteiger charge is -2.13. The summed E-state index contributed by atoms with van der Waals surface area (Å²) >= 11 is 0. The average Bonchev–Trinajstić information content (AvgIpc) is 2.75. The van der Waals surface area contributed by atoms with Crippen molar-refractivity contribution in [2.45, 2.75) is 6.42 Å². The normalized spacial score (nSPS) is 10.1. The van der Waals surface area contributed by atoms with Gasteiger partial charge in [0.15, 0.2) is 11.5 Å². The van der Waals surface area contributed by atoms with Crippen LogP contribution >= 0.6 is 0 Å². The lowest BCUT2D eigenvalue weighted by Crippen LogP contribution is -2.35. The smallest absolute Gasteiger partial charge is 0.258 e. The maximum absolute atomic E-state index is 12.5. The summed E-state index contributed by atoms with van der Waals surface area (Å²) in [7, 11) is 6.07. The molecule has 2 N–H and O–H groups in total. The maximum Gasteiger partial charge on any atom is 0.258 e. The van der Waals surface area contributed by atoms with E-state index in [1.54, 1.807) is 50.6 Å². The Hall–Kier alpha value is -3.42. The summed E-state index contributed by atoms with van der Waals surface area (Å²) in [4.78, 5) is 24.6. The second-order valence-electron chi connectivity index (χ2n) is 6.01. The number of carbonyl (C=O) groups is 2. The van der Waals surface area contributed by atoms with Gasteiger partial charge in [0.1, 0.15) is 17.1 Å². The molecule has 0 bridgehead atoms. The quantitative estimate of drug-likeness (QED) is 0.589. The van der Waals surface area contributed by atoms with Gasteiger partial charge in [-0.1, -0.05) is 12.1 Å². The van der Waals surface area contributed by atoms with E-state index in [4.69, 9.17) is 18.9 Å². The van der Waals surface area contributed by atoms with E-state index in [9.17, 15) is 9.59 Å². The fraction of sp³-hybridized carbons (Fsp3) is 0.333. The molecular weight excluding hydrogens is 376 g/mol. The Labute approximate surface area is 170 Å². The number of nitrogens with one attached hydrogen (secondary N) is 2. The molecule has 2 rings (SSSR count). The Bertz CT molecular complexity index is 831. The third-order valence-corrected chi connectivity index (χ3v) is 4.20. The van der Waals surface area contributed by atoms with Gasteiger partial charge in [0.2, 0.25) is 5.91 Å². The molecule has 0 aliphatic heterocycles. The summed E-state index contributed by atoms with van der Waals surface area (Å²) in [5, 5.41) is 5.52. The van der Waals surface area contributed by atoms with Crippen molar-refractivity contribution in [3.63, 3.8) is 0 Å². The number of benzene rings is 2. The molecule has 29 heavy (non-hydrogen) atoms. The molecule has 156 valence electrons. The van der Waals surface area contributed by atoms with E-state index in [0.717, 1.165) is 5.56 Å². The molecule has 0 saturated carbocycles. The van der Waals surface area contributed by atoms with Crippen molar-refractivity contribution in [3.05, 3.63) is 47.5 Å². The van der Waals surface area contributed by atoms with Crippen LogP contribution in [0.2, 0.25) is 0 Å². The molecule has 0 aromatic heterocycles. The van der Waals surface area contributed by atoms with E-state index in [1.807, 2.05) is 0 Å². The third kappa shape index (κ3) is 5.78. The molecule has 2 amide bonds. The molecule has 0 aliphatic rings. The zero-order valence-corrected chi connectivity index (χ0v) is 17.0. The lowest BCUT2D eigenvalue weighted by molar-refractivity contribution is -0.120. The molecule has 8 heteroatoms. The fourth-order valence-electron chi connectivity index (χ4n) is 2.78. The van der Waals surface area contributed by atoms with Crippen molar-refractivity contribution in [2.75, 3.05) is 41.5 Å². The van der Waals surface area contributed by atoms with Crippen LogP contribution in [0.15, 0.2) is 36.4 Å². The second-order valence-corrected chi connectivity index (χ2v) is 6.01. The predicted octanol–water partition coefficient (Wildman–Crippen LogP) is 1.81. The van der Waals surface area contributed by atoms with E-state index in [2.05, 4.69) is 10.6 Å². The van der Waals surface area contributed by atoms with Crippen LogP contribution in [0, 0.1) is 0 Å². The highest BCUT2D eigenvalue weighted by molar-refractivity contribution is 5.99. The first-order chi connectivity index (χ1) is 14.0. The van der Waals surface area contributed by atoms with E-state index >= 15 is 0 Å². The third-order valence-electron chi connectivity index (χ3n) is 4.20. The van der Waals surface area contributed by atoms with E-state index in [1.165, 1.54) is 14.2 Å². The fourth-order valence-corrected chi connectivity index (χ4v) is 2.78. The van der Waals surface area contributed by atoms with Gasteiger partial charge in [0.05, 0.1) is 34.9 Å². The molecule has 0 aliphatic carbocycles. The minimum absolute atomic E-state index is 0.165. The highest BCUT2D eigenvalue weighted by Crippen LogP contribution is 2.28. The largest absolute Gasteiger partial charge is 0.496 e. The molecule has 8 nitrogen and oxygen atoms in total. The van der Waals surface area contributed by atoms with E-state index in [-0.39, 0.29) is 31.3 Å². The van der Waals surface area contributed by atoms with Gasteiger partial charge in [-0.2, -0.15) is 0 Å². The first kappa shape index (κ1) is 21.9. The van der Waals surface area contributed by atoms with Gasteiger partial charge in [0, 0.05) is 13.1 Å². The highest BCUT2D eigenvalue weighted by Gasteiger charge is 2.17. The molecule has 0 fully saturated rings. The summed E-state index contributed by atoms with van der Waals surface area (Å²) in [6.45, 7) is 0.549. The van der Waals surface area contributed by atoms with Crippen molar-refractivity contribution in [2.24, 2.45) is 0 Å². The molecule has 2 aromatic carbocycles. The molecule has 0 radical (unpaired) electrons. The number of methoxy groups -OCH3 is 4. The number of carbonyl (C=O) groups excluding carboxylic acids is 2. The summed E-state index contributed by atoms with van der Waals surface area (Å²) in [5.74, 6) is 1.50.